The second-order valence-electron chi connectivity index (χ2n) is 8.54. The van der Waals surface area contributed by atoms with Gasteiger partial charge in [0, 0.05) is 17.6 Å². The van der Waals surface area contributed by atoms with Crippen LogP contribution in [0.3, 0.4) is 0 Å². The highest BCUT2D eigenvalue weighted by molar-refractivity contribution is 5.97. The lowest BCUT2D eigenvalue weighted by atomic mass is 9.99. The van der Waals surface area contributed by atoms with Gasteiger partial charge in [0.05, 0.1) is 0 Å². The smallest absolute Gasteiger partial charge is 0.339 e. The highest BCUT2D eigenvalue weighted by Crippen LogP contribution is 2.21. The molecule has 0 N–H and O–H groups in total. The molecule has 0 unspecified atom stereocenters. The van der Waals surface area contributed by atoms with E-state index in [4.69, 9.17) is 9.47 Å². The predicted octanol–water partition coefficient (Wildman–Crippen LogP) is 6.16. The maximum Gasteiger partial charge on any atom is 0.339 e. The molecule has 5 nitrogen and oxygen atoms in total. The fourth-order valence-electron chi connectivity index (χ4n) is 3.27. The molecule has 0 radical (unpaired) electrons. The van der Waals surface area contributed by atoms with Crippen LogP contribution in [0.15, 0.2) is 90.5 Å². The van der Waals surface area contributed by atoms with Gasteiger partial charge in [0.2, 0.25) is 0 Å². The molecule has 0 bridgehead atoms. The Morgan fingerprint density at radius 1 is 0.771 bits per heavy atom. The summed E-state index contributed by atoms with van der Waals surface area (Å²) in [5.74, 6) is -0.486. The third-order valence-corrected chi connectivity index (χ3v) is 5.33. The van der Waals surface area contributed by atoms with Crippen LogP contribution in [0.5, 0.6) is 5.75 Å². The minimum atomic E-state index is -0.458. The summed E-state index contributed by atoms with van der Waals surface area (Å²) >= 11 is 0. The number of esters is 2. The van der Waals surface area contributed by atoms with E-state index in [-0.39, 0.29) is 12.4 Å². The van der Waals surface area contributed by atoms with Crippen molar-refractivity contribution in [1.82, 2.24) is 0 Å². The Morgan fingerprint density at radius 2 is 1.40 bits per heavy atom. The highest BCUT2D eigenvalue weighted by Gasteiger charge is 2.10. The second-order valence-corrected chi connectivity index (χ2v) is 8.54. The first-order valence-corrected chi connectivity index (χ1v) is 11.2. The van der Waals surface area contributed by atoms with E-state index in [9.17, 15) is 14.4 Å². The molecule has 3 aromatic carbocycles. The molecular weight excluding hydrogens is 440 g/mol. The summed E-state index contributed by atoms with van der Waals surface area (Å²) < 4.78 is 10.6. The van der Waals surface area contributed by atoms with Gasteiger partial charge >= 0.3 is 11.9 Å². The van der Waals surface area contributed by atoms with Crippen molar-refractivity contribution in [3.63, 3.8) is 0 Å². The van der Waals surface area contributed by atoms with Gasteiger partial charge in [-0.05, 0) is 78.1 Å². The molecule has 0 heterocycles. The molecule has 0 saturated heterocycles. The number of Topliss-reactive ketones (excluding diaryl/α,β-unsaturated/α-hetero) is 1. The van der Waals surface area contributed by atoms with Crippen molar-refractivity contribution >= 4 is 34.6 Å². The van der Waals surface area contributed by atoms with Gasteiger partial charge < -0.3 is 9.47 Å². The highest BCUT2D eigenvalue weighted by atomic mass is 16.5. The quantitative estimate of drug-likeness (QED) is 0.214. The fraction of sp³-hybridized carbons (Fsp3) is 0.167. The lowest BCUT2D eigenvalue weighted by Gasteiger charge is -2.08. The van der Waals surface area contributed by atoms with E-state index in [1.165, 1.54) is 0 Å². The van der Waals surface area contributed by atoms with E-state index in [1.807, 2.05) is 36.4 Å². The van der Waals surface area contributed by atoms with Crippen LogP contribution in [-0.4, -0.2) is 17.7 Å². The van der Waals surface area contributed by atoms with Crippen LogP contribution in [0.2, 0.25) is 0 Å². The largest absolute Gasteiger partial charge is 0.457 e. The molecule has 0 aliphatic heterocycles. The minimum absolute atomic E-state index is 0.0268. The Kier molecular flexibility index (Phi) is 8.16. The van der Waals surface area contributed by atoms with Crippen LogP contribution >= 0.6 is 0 Å². The molecule has 5 heteroatoms. The van der Waals surface area contributed by atoms with E-state index in [0.717, 1.165) is 27.5 Å². The van der Waals surface area contributed by atoms with Gasteiger partial charge in [-0.15, -0.1) is 0 Å². The van der Waals surface area contributed by atoms with E-state index in [2.05, 4.69) is 13.2 Å². The monoisotopic (exact) mass is 468 g/mol. The van der Waals surface area contributed by atoms with Crippen LogP contribution in [0.4, 0.5) is 0 Å². The zero-order valence-electron chi connectivity index (χ0n) is 20.2. The average Bonchev–Trinajstić information content (AvgIpc) is 2.83. The van der Waals surface area contributed by atoms with Crippen molar-refractivity contribution in [3.05, 3.63) is 107 Å². The number of ether oxygens (including phenoxy) is 2. The van der Waals surface area contributed by atoms with Crippen molar-refractivity contribution in [2.75, 3.05) is 0 Å². The molecule has 3 rings (SSSR count). The molecule has 3 aromatic rings. The number of carbonyl (C=O) groups excluding carboxylic acids is 3. The van der Waals surface area contributed by atoms with Gasteiger partial charge in [0.1, 0.15) is 12.4 Å². The average molecular weight is 469 g/mol. The summed E-state index contributed by atoms with van der Waals surface area (Å²) in [5.41, 5.74) is 3.92. The Bertz CT molecular complexity index is 1340. The first-order chi connectivity index (χ1) is 16.6. The first-order valence-electron chi connectivity index (χ1n) is 11.2. The molecule has 0 aliphatic rings. The Morgan fingerprint density at radius 3 is 2.06 bits per heavy atom. The van der Waals surface area contributed by atoms with Crippen LogP contribution in [0.1, 0.15) is 37.5 Å². The summed E-state index contributed by atoms with van der Waals surface area (Å²) in [4.78, 5) is 36.0. The summed E-state index contributed by atoms with van der Waals surface area (Å²) in [6.45, 7) is 12.4. The summed E-state index contributed by atoms with van der Waals surface area (Å²) in [5, 5.41) is 2.03. The molecule has 0 atom stereocenters. The van der Waals surface area contributed by atoms with Crippen molar-refractivity contribution < 1.29 is 23.9 Å². The zero-order valence-corrected chi connectivity index (χ0v) is 20.2. The third-order valence-electron chi connectivity index (χ3n) is 5.33. The van der Waals surface area contributed by atoms with Crippen LogP contribution in [0, 0.1) is 0 Å². The molecule has 0 amide bonds. The van der Waals surface area contributed by atoms with Crippen LogP contribution in [-0.2, 0) is 32.1 Å². The summed E-state index contributed by atoms with van der Waals surface area (Å²) in [7, 11) is 0. The number of carbonyl (C=O) groups is 3. The molecule has 0 aliphatic carbocycles. The molecular formula is C30H28O5. The molecule has 0 spiro atoms. The van der Waals surface area contributed by atoms with Gasteiger partial charge in [-0.2, -0.15) is 0 Å². The second kappa shape index (κ2) is 11.3. The van der Waals surface area contributed by atoms with Gasteiger partial charge in [-0.1, -0.05) is 55.6 Å². The topological polar surface area (TPSA) is 69.7 Å². The van der Waals surface area contributed by atoms with Crippen molar-refractivity contribution in [1.29, 1.82) is 0 Å². The maximum absolute atomic E-state index is 12.5. The third kappa shape index (κ3) is 7.11. The number of fused-ring (bicyclic) bond motifs is 1. The zero-order chi connectivity index (χ0) is 25.5. The SMILES string of the molecule is C=C(C)C(=O)Cc1ccc2cc(/C=C(\C)C(=O)Oc3ccc(COC(=O)C(=C)C)cc3)ccc2c1. The van der Waals surface area contributed by atoms with Gasteiger partial charge in [0.25, 0.3) is 0 Å². The number of ketones is 1. The summed E-state index contributed by atoms with van der Waals surface area (Å²) in [6, 6.07) is 18.5. The Hall–Kier alpha value is -4.25. The molecule has 35 heavy (non-hydrogen) atoms. The molecule has 0 saturated carbocycles. The number of benzene rings is 3. The van der Waals surface area contributed by atoms with E-state index in [1.54, 1.807) is 51.1 Å². The lowest BCUT2D eigenvalue weighted by molar-refractivity contribution is -0.140. The Balaban J connectivity index is 1.64. The fourth-order valence-corrected chi connectivity index (χ4v) is 3.27. The number of allylic oxidation sites excluding steroid dienone is 1. The number of hydrogen-bond donors (Lipinski definition) is 0. The van der Waals surface area contributed by atoms with Gasteiger partial charge in [0.15, 0.2) is 5.78 Å². The maximum atomic E-state index is 12.5. The number of hydrogen-bond acceptors (Lipinski definition) is 5. The molecule has 0 fully saturated rings. The molecule has 0 aromatic heterocycles. The van der Waals surface area contributed by atoms with Crippen LogP contribution in [0.25, 0.3) is 16.8 Å². The number of rotatable bonds is 9. The molecule has 178 valence electrons. The van der Waals surface area contributed by atoms with E-state index in [0.29, 0.717) is 28.9 Å². The summed E-state index contributed by atoms with van der Waals surface area (Å²) in [6.07, 6.45) is 2.10. The van der Waals surface area contributed by atoms with Crippen molar-refractivity contribution in [2.24, 2.45) is 0 Å². The van der Waals surface area contributed by atoms with Crippen molar-refractivity contribution in [3.8, 4) is 5.75 Å². The van der Waals surface area contributed by atoms with Gasteiger partial charge in [-0.25, -0.2) is 9.59 Å². The van der Waals surface area contributed by atoms with E-state index < -0.39 is 11.9 Å². The van der Waals surface area contributed by atoms with Crippen LogP contribution < -0.4 is 4.74 Å². The van der Waals surface area contributed by atoms with Gasteiger partial charge in [-0.3, -0.25) is 4.79 Å². The standard InChI is InChI=1S/C30H28O5/c1-19(2)28(31)17-24-7-11-25-15-23(6-10-26(25)16-24)14-21(5)30(33)35-27-12-8-22(9-13-27)18-34-29(32)20(3)4/h6-16H,1,3,17-18H2,2,4-5H3/b21-14+. The minimum Gasteiger partial charge on any atom is -0.457 e. The lowest BCUT2D eigenvalue weighted by Crippen LogP contribution is -2.09. The van der Waals surface area contributed by atoms with Crippen molar-refractivity contribution in [2.45, 2.75) is 33.8 Å². The van der Waals surface area contributed by atoms with E-state index >= 15 is 0 Å². The normalized spacial score (nSPS) is 11.1. The predicted molar refractivity (Wildman–Crippen MR) is 138 cm³/mol. The first kappa shape index (κ1) is 25.4. The Labute approximate surface area is 205 Å².